The van der Waals surface area contributed by atoms with Crippen LogP contribution in [-0.4, -0.2) is 55.0 Å². The molecule has 0 aromatic rings. The average molecular weight is 427 g/mol. The SMILES string of the molecule is CC(CS)C(=O)OCC(C)(COC(=O)C(C)CS)COC(=O)C(C)CS. The lowest BCUT2D eigenvalue weighted by molar-refractivity contribution is -0.164. The van der Waals surface area contributed by atoms with Gasteiger partial charge in [-0.15, -0.1) is 0 Å². The summed E-state index contributed by atoms with van der Waals surface area (Å²) in [5, 5.41) is 0. The van der Waals surface area contributed by atoms with Gasteiger partial charge < -0.3 is 14.2 Å². The molecule has 9 heteroatoms. The van der Waals surface area contributed by atoms with E-state index in [1.807, 2.05) is 0 Å². The lowest BCUT2D eigenvalue weighted by atomic mass is 9.94. The number of hydrogen-bond acceptors (Lipinski definition) is 9. The molecular formula is C17H30O6S3. The summed E-state index contributed by atoms with van der Waals surface area (Å²) in [5.41, 5.74) is -0.857. The van der Waals surface area contributed by atoms with Gasteiger partial charge >= 0.3 is 17.9 Å². The Bertz CT molecular complexity index is 407. The third-order valence-electron chi connectivity index (χ3n) is 3.72. The highest BCUT2D eigenvalue weighted by molar-refractivity contribution is 7.80. The van der Waals surface area contributed by atoms with Crippen molar-refractivity contribution in [1.82, 2.24) is 0 Å². The molecule has 26 heavy (non-hydrogen) atoms. The monoisotopic (exact) mass is 426 g/mol. The molecule has 0 aliphatic rings. The van der Waals surface area contributed by atoms with Gasteiger partial charge in [-0.05, 0) is 6.92 Å². The van der Waals surface area contributed by atoms with Gasteiger partial charge in [0.2, 0.25) is 0 Å². The van der Waals surface area contributed by atoms with E-state index in [1.54, 1.807) is 27.7 Å². The standard InChI is InChI=1S/C17H30O6S3/c1-11(5-24)14(18)21-8-17(4,9-22-15(19)12(2)6-25)10-23-16(20)13(3)7-26/h11-13,24-26H,5-10H2,1-4H3. The minimum Gasteiger partial charge on any atom is -0.465 e. The fourth-order valence-corrected chi connectivity index (χ4v) is 1.96. The molecule has 152 valence electrons. The summed E-state index contributed by atoms with van der Waals surface area (Å²) < 4.78 is 15.9. The highest BCUT2D eigenvalue weighted by Gasteiger charge is 2.32. The highest BCUT2D eigenvalue weighted by atomic mass is 32.1. The van der Waals surface area contributed by atoms with E-state index in [1.165, 1.54) is 0 Å². The van der Waals surface area contributed by atoms with Crippen LogP contribution in [0.2, 0.25) is 0 Å². The normalized spacial score (nSPS) is 16.7. The van der Waals surface area contributed by atoms with Gasteiger partial charge in [0.1, 0.15) is 19.8 Å². The van der Waals surface area contributed by atoms with Gasteiger partial charge in [0.05, 0.1) is 23.2 Å². The molecule has 0 aromatic heterocycles. The second-order valence-electron chi connectivity index (χ2n) is 6.88. The number of carbonyl (C=O) groups excluding carboxylic acids is 3. The lowest BCUT2D eigenvalue weighted by Crippen LogP contribution is -2.38. The van der Waals surface area contributed by atoms with Gasteiger partial charge in [0, 0.05) is 17.3 Å². The molecule has 0 heterocycles. The van der Waals surface area contributed by atoms with E-state index in [0.717, 1.165) is 0 Å². The van der Waals surface area contributed by atoms with Crippen LogP contribution >= 0.6 is 37.9 Å². The van der Waals surface area contributed by atoms with Crippen molar-refractivity contribution in [1.29, 1.82) is 0 Å². The summed E-state index contributed by atoms with van der Waals surface area (Å²) >= 11 is 12.2. The van der Waals surface area contributed by atoms with Crippen molar-refractivity contribution in [2.45, 2.75) is 27.7 Å². The Morgan fingerprint density at radius 2 is 0.923 bits per heavy atom. The average Bonchev–Trinajstić information content (AvgIpc) is 2.66. The Labute approximate surface area is 172 Å². The van der Waals surface area contributed by atoms with Crippen LogP contribution in [0.25, 0.3) is 0 Å². The fourth-order valence-electron chi connectivity index (χ4n) is 1.51. The molecule has 0 aliphatic heterocycles. The first-order valence-electron chi connectivity index (χ1n) is 8.42. The molecule has 3 atom stereocenters. The molecule has 6 nitrogen and oxygen atoms in total. The van der Waals surface area contributed by atoms with Crippen molar-refractivity contribution in [2.75, 3.05) is 37.1 Å². The van der Waals surface area contributed by atoms with Crippen molar-refractivity contribution in [3.8, 4) is 0 Å². The quantitative estimate of drug-likeness (QED) is 0.253. The third kappa shape index (κ3) is 9.41. The molecule has 0 bridgehead atoms. The van der Waals surface area contributed by atoms with Crippen LogP contribution in [0.1, 0.15) is 27.7 Å². The van der Waals surface area contributed by atoms with Crippen LogP contribution in [0.15, 0.2) is 0 Å². The van der Waals surface area contributed by atoms with E-state index in [2.05, 4.69) is 37.9 Å². The van der Waals surface area contributed by atoms with Crippen molar-refractivity contribution in [2.24, 2.45) is 23.2 Å². The van der Waals surface area contributed by atoms with E-state index in [0.29, 0.717) is 17.3 Å². The Morgan fingerprint density at radius 1 is 0.692 bits per heavy atom. The number of carbonyl (C=O) groups is 3. The number of esters is 3. The summed E-state index contributed by atoms with van der Waals surface area (Å²) in [5.74, 6) is -1.22. The van der Waals surface area contributed by atoms with Crippen molar-refractivity contribution in [3.63, 3.8) is 0 Å². The zero-order chi connectivity index (χ0) is 20.3. The molecule has 0 N–H and O–H groups in total. The first-order chi connectivity index (χ1) is 12.1. The van der Waals surface area contributed by atoms with E-state index >= 15 is 0 Å². The van der Waals surface area contributed by atoms with Crippen LogP contribution in [0, 0.1) is 23.2 Å². The predicted molar refractivity (Wildman–Crippen MR) is 110 cm³/mol. The van der Waals surface area contributed by atoms with Crippen molar-refractivity contribution in [3.05, 3.63) is 0 Å². The molecular weight excluding hydrogens is 396 g/mol. The number of ether oxygens (including phenoxy) is 3. The number of thiol groups is 3. The van der Waals surface area contributed by atoms with Gasteiger partial charge in [-0.3, -0.25) is 14.4 Å². The number of hydrogen-bond donors (Lipinski definition) is 3. The first kappa shape index (κ1) is 25.5. The Morgan fingerprint density at radius 3 is 1.12 bits per heavy atom. The summed E-state index contributed by atoms with van der Waals surface area (Å²) in [6.45, 7) is 6.70. The van der Waals surface area contributed by atoms with Crippen LogP contribution in [0.3, 0.4) is 0 Å². The maximum absolute atomic E-state index is 11.9. The maximum Gasteiger partial charge on any atom is 0.309 e. The summed E-state index contributed by atoms with van der Waals surface area (Å²) in [6, 6.07) is 0. The molecule has 0 saturated carbocycles. The van der Waals surface area contributed by atoms with Crippen LogP contribution in [0.4, 0.5) is 0 Å². The van der Waals surface area contributed by atoms with Crippen molar-refractivity contribution < 1.29 is 28.6 Å². The third-order valence-corrected chi connectivity index (χ3v) is 5.36. The molecule has 0 radical (unpaired) electrons. The minimum absolute atomic E-state index is 0.0466. The molecule has 0 rings (SSSR count). The molecule has 0 fully saturated rings. The summed E-state index contributed by atoms with van der Waals surface area (Å²) in [6.07, 6.45) is 0. The fraction of sp³-hybridized carbons (Fsp3) is 0.824. The van der Waals surface area contributed by atoms with Crippen LogP contribution in [0.5, 0.6) is 0 Å². The van der Waals surface area contributed by atoms with Crippen molar-refractivity contribution >= 4 is 55.8 Å². The van der Waals surface area contributed by atoms with E-state index in [9.17, 15) is 14.4 Å². The largest absolute Gasteiger partial charge is 0.465 e. The highest BCUT2D eigenvalue weighted by Crippen LogP contribution is 2.21. The van der Waals surface area contributed by atoms with Gasteiger partial charge in [-0.25, -0.2) is 0 Å². The zero-order valence-corrected chi connectivity index (χ0v) is 18.4. The molecule has 0 saturated heterocycles. The summed E-state index contributed by atoms with van der Waals surface area (Å²) in [4.78, 5) is 35.7. The number of rotatable bonds is 12. The van der Waals surface area contributed by atoms with Gasteiger partial charge in [0.25, 0.3) is 0 Å². The maximum atomic E-state index is 11.9. The molecule has 0 spiro atoms. The van der Waals surface area contributed by atoms with E-state index in [-0.39, 0.29) is 37.6 Å². The molecule has 0 aromatic carbocycles. The topological polar surface area (TPSA) is 78.9 Å². The Kier molecular flexibility index (Phi) is 12.5. The molecule has 0 amide bonds. The smallest absolute Gasteiger partial charge is 0.309 e. The second kappa shape index (κ2) is 12.8. The van der Waals surface area contributed by atoms with Gasteiger partial charge in [0.15, 0.2) is 0 Å². The first-order valence-corrected chi connectivity index (χ1v) is 10.3. The molecule has 3 unspecified atom stereocenters. The van der Waals surface area contributed by atoms with Crippen LogP contribution in [-0.2, 0) is 28.6 Å². The van der Waals surface area contributed by atoms with E-state index in [4.69, 9.17) is 14.2 Å². The van der Waals surface area contributed by atoms with Crippen LogP contribution < -0.4 is 0 Å². The predicted octanol–water partition coefficient (Wildman–Crippen LogP) is 2.32. The second-order valence-corrected chi connectivity index (χ2v) is 7.98. The lowest BCUT2D eigenvalue weighted by Gasteiger charge is -2.29. The minimum atomic E-state index is -0.857. The molecule has 0 aliphatic carbocycles. The van der Waals surface area contributed by atoms with Gasteiger partial charge in [-0.1, -0.05) is 20.8 Å². The Balaban J connectivity index is 4.91. The zero-order valence-electron chi connectivity index (χ0n) is 15.8. The van der Waals surface area contributed by atoms with E-state index < -0.39 is 23.3 Å². The summed E-state index contributed by atoms with van der Waals surface area (Å²) in [7, 11) is 0. The Hall–Kier alpha value is -0.540. The van der Waals surface area contributed by atoms with Gasteiger partial charge in [-0.2, -0.15) is 37.9 Å².